The van der Waals surface area contributed by atoms with Crippen molar-refractivity contribution >= 4 is 17.3 Å². The van der Waals surface area contributed by atoms with Crippen molar-refractivity contribution in [1.82, 2.24) is 14.5 Å². The summed E-state index contributed by atoms with van der Waals surface area (Å²) in [4.78, 5) is 18.2. The highest BCUT2D eigenvalue weighted by Gasteiger charge is 2.14. The van der Waals surface area contributed by atoms with Crippen molar-refractivity contribution < 1.29 is 4.92 Å². The molecule has 0 spiro atoms. The van der Waals surface area contributed by atoms with Gasteiger partial charge in [0, 0.05) is 24.9 Å². The highest BCUT2D eigenvalue weighted by Crippen LogP contribution is 2.23. The lowest BCUT2D eigenvalue weighted by atomic mass is 10.3. The van der Waals surface area contributed by atoms with E-state index in [0.717, 1.165) is 6.20 Å². The molecule has 0 aliphatic heterocycles. The molecular formula is C10H10ClN5O2. The largest absolute Gasteiger partial charge is 0.330 e. The molecule has 0 fully saturated rings. The highest BCUT2D eigenvalue weighted by atomic mass is 35.5. The standard InChI is InChI=1S/C10H10ClN5O2/c11-8-5-7(16(17)18)6-14-10(8)15-4-3-13-9(15)1-2-12/h3-6H,1-2,12H2. The summed E-state index contributed by atoms with van der Waals surface area (Å²) in [5, 5.41) is 10.8. The summed E-state index contributed by atoms with van der Waals surface area (Å²) in [6, 6.07) is 1.26. The van der Waals surface area contributed by atoms with Gasteiger partial charge in [0.2, 0.25) is 0 Å². The van der Waals surface area contributed by atoms with Gasteiger partial charge in [-0.15, -0.1) is 0 Å². The Hall–Kier alpha value is -1.99. The fourth-order valence-corrected chi connectivity index (χ4v) is 1.79. The lowest BCUT2D eigenvalue weighted by Gasteiger charge is -2.07. The zero-order chi connectivity index (χ0) is 13.1. The van der Waals surface area contributed by atoms with Crippen LogP contribution in [0.5, 0.6) is 0 Å². The predicted molar refractivity (Wildman–Crippen MR) is 65.8 cm³/mol. The molecule has 0 aromatic carbocycles. The van der Waals surface area contributed by atoms with Gasteiger partial charge in [0.15, 0.2) is 5.82 Å². The molecule has 0 unspecified atom stereocenters. The predicted octanol–water partition coefficient (Wildman–Crippen LogP) is 1.33. The van der Waals surface area contributed by atoms with E-state index in [9.17, 15) is 10.1 Å². The van der Waals surface area contributed by atoms with Crippen LogP contribution in [0.25, 0.3) is 5.82 Å². The van der Waals surface area contributed by atoms with E-state index in [2.05, 4.69) is 9.97 Å². The first-order valence-electron chi connectivity index (χ1n) is 5.16. The van der Waals surface area contributed by atoms with Gasteiger partial charge in [0.1, 0.15) is 12.0 Å². The summed E-state index contributed by atoms with van der Waals surface area (Å²) in [5.74, 6) is 1.11. The number of pyridine rings is 1. The first-order chi connectivity index (χ1) is 8.63. The van der Waals surface area contributed by atoms with Gasteiger partial charge < -0.3 is 5.73 Å². The van der Waals surface area contributed by atoms with Gasteiger partial charge in [0.25, 0.3) is 5.69 Å². The van der Waals surface area contributed by atoms with E-state index in [1.807, 2.05) is 0 Å². The molecule has 2 N–H and O–H groups in total. The van der Waals surface area contributed by atoms with Gasteiger partial charge in [-0.25, -0.2) is 9.97 Å². The van der Waals surface area contributed by atoms with Gasteiger partial charge >= 0.3 is 0 Å². The molecule has 2 rings (SSSR count). The van der Waals surface area contributed by atoms with Crippen molar-refractivity contribution in [3.63, 3.8) is 0 Å². The van der Waals surface area contributed by atoms with Gasteiger partial charge in [0.05, 0.1) is 9.95 Å². The quantitative estimate of drug-likeness (QED) is 0.665. The van der Waals surface area contributed by atoms with Crippen molar-refractivity contribution in [3.8, 4) is 5.82 Å². The zero-order valence-electron chi connectivity index (χ0n) is 9.28. The first kappa shape index (κ1) is 12.5. The summed E-state index contributed by atoms with van der Waals surface area (Å²) in [6.07, 6.45) is 5.02. The molecule has 0 saturated carbocycles. The van der Waals surface area contributed by atoms with E-state index in [1.54, 1.807) is 17.0 Å². The van der Waals surface area contributed by atoms with Crippen LogP contribution in [0.3, 0.4) is 0 Å². The minimum atomic E-state index is -0.544. The number of rotatable bonds is 4. The van der Waals surface area contributed by atoms with Crippen LogP contribution in [0.15, 0.2) is 24.7 Å². The summed E-state index contributed by atoms with van der Waals surface area (Å²) >= 11 is 5.99. The lowest BCUT2D eigenvalue weighted by molar-refractivity contribution is -0.385. The Morgan fingerprint density at radius 2 is 2.28 bits per heavy atom. The topological polar surface area (TPSA) is 99.9 Å². The maximum Gasteiger partial charge on any atom is 0.289 e. The van der Waals surface area contributed by atoms with Crippen LogP contribution in [0.1, 0.15) is 5.82 Å². The molecule has 18 heavy (non-hydrogen) atoms. The Bertz CT molecular complexity index is 583. The molecule has 2 heterocycles. The second kappa shape index (κ2) is 5.11. The third kappa shape index (κ3) is 2.31. The van der Waals surface area contributed by atoms with Crippen molar-refractivity contribution in [2.75, 3.05) is 6.54 Å². The Balaban J connectivity index is 2.44. The molecule has 94 valence electrons. The Morgan fingerprint density at radius 3 is 2.89 bits per heavy atom. The van der Waals surface area contributed by atoms with Crippen molar-refractivity contribution in [1.29, 1.82) is 0 Å². The molecular weight excluding hydrogens is 258 g/mol. The number of aromatic nitrogens is 3. The molecule has 0 saturated heterocycles. The highest BCUT2D eigenvalue weighted by molar-refractivity contribution is 6.32. The van der Waals surface area contributed by atoms with E-state index < -0.39 is 4.92 Å². The average molecular weight is 268 g/mol. The number of imidazole rings is 1. The summed E-state index contributed by atoms with van der Waals surface area (Å²) in [6.45, 7) is 0.446. The molecule has 7 nitrogen and oxygen atoms in total. The van der Waals surface area contributed by atoms with Gasteiger partial charge in [-0.05, 0) is 6.54 Å². The summed E-state index contributed by atoms with van der Waals surface area (Å²) < 4.78 is 1.67. The molecule has 0 amide bonds. The molecule has 2 aromatic rings. The van der Waals surface area contributed by atoms with Crippen LogP contribution in [0, 0.1) is 10.1 Å². The second-order valence-electron chi connectivity index (χ2n) is 3.51. The molecule has 0 bridgehead atoms. The minimum Gasteiger partial charge on any atom is -0.330 e. The lowest BCUT2D eigenvalue weighted by Crippen LogP contribution is -2.10. The number of nitro groups is 1. The Labute approximate surface area is 107 Å². The third-order valence-corrected chi connectivity index (χ3v) is 2.61. The smallest absolute Gasteiger partial charge is 0.289 e. The molecule has 0 aliphatic rings. The molecule has 0 aliphatic carbocycles. The maximum atomic E-state index is 10.6. The first-order valence-corrected chi connectivity index (χ1v) is 5.54. The van der Waals surface area contributed by atoms with Crippen LogP contribution in [-0.4, -0.2) is 26.0 Å². The van der Waals surface area contributed by atoms with Crippen LogP contribution < -0.4 is 5.73 Å². The second-order valence-corrected chi connectivity index (χ2v) is 3.92. The molecule has 0 radical (unpaired) electrons. The number of nitrogens with two attached hydrogens (primary N) is 1. The Kier molecular flexibility index (Phi) is 3.54. The van der Waals surface area contributed by atoms with Gasteiger partial charge in [-0.2, -0.15) is 0 Å². The zero-order valence-corrected chi connectivity index (χ0v) is 10.0. The van der Waals surface area contributed by atoms with E-state index in [-0.39, 0.29) is 10.7 Å². The van der Waals surface area contributed by atoms with E-state index in [0.29, 0.717) is 24.6 Å². The number of hydrogen-bond acceptors (Lipinski definition) is 5. The summed E-state index contributed by atoms with van der Waals surface area (Å²) in [7, 11) is 0. The monoisotopic (exact) mass is 267 g/mol. The maximum absolute atomic E-state index is 10.6. The molecule has 0 atom stereocenters. The van der Waals surface area contributed by atoms with E-state index in [1.165, 1.54) is 6.07 Å². The fourth-order valence-electron chi connectivity index (χ4n) is 1.54. The fraction of sp³-hybridized carbons (Fsp3) is 0.200. The van der Waals surface area contributed by atoms with Gasteiger partial charge in [-0.1, -0.05) is 11.6 Å². The van der Waals surface area contributed by atoms with Crippen LogP contribution in [0.2, 0.25) is 5.02 Å². The van der Waals surface area contributed by atoms with Crippen LogP contribution in [0.4, 0.5) is 5.69 Å². The van der Waals surface area contributed by atoms with Gasteiger partial charge in [-0.3, -0.25) is 14.7 Å². The molecule has 8 heteroatoms. The SMILES string of the molecule is NCCc1nccn1-c1ncc([N+](=O)[O-])cc1Cl. The number of nitrogens with zero attached hydrogens (tertiary/aromatic N) is 4. The van der Waals surface area contributed by atoms with E-state index >= 15 is 0 Å². The van der Waals surface area contributed by atoms with E-state index in [4.69, 9.17) is 17.3 Å². The Morgan fingerprint density at radius 1 is 1.50 bits per heavy atom. The summed E-state index contributed by atoms with van der Waals surface area (Å²) in [5.41, 5.74) is 5.32. The number of hydrogen-bond donors (Lipinski definition) is 1. The van der Waals surface area contributed by atoms with Crippen molar-refractivity contribution in [2.45, 2.75) is 6.42 Å². The minimum absolute atomic E-state index is 0.149. The van der Waals surface area contributed by atoms with Crippen molar-refractivity contribution in [3.05, 3.63) is 45.6 Å². The average Bonchev–Trinajstić information content (AvgIpc) is 2.77. The normalized spacial score (nSPS) is 10.6. The third-order valence-electron chi connectivity index (χ3n) is 2.33. The van der Waals surface area contributed by atoms with Crippen molar-refractivity contribution in [2.24, 2.45) is 5.73 Å². The van der Waals surface area contributed by atoms with Crippen LogP contribution in [-0.2, 0) is 6.42 Å². The van der Waals surface area contributed by atoms with Crippen LogP contribution >= 0.6 is 11.6 Å². The number of halogens is 1. The molecule has 2 aromatic heterocycles.